The molecule has 1 aromatic carbocycles. The van der Waals surface area contributed by atoms with Gasteiger partial charge in [-0.2, -0.15) is 0 Å². The van der Waals surface area contributed by atoms with E-state index in [1.807, 2.05) is 25.1 Å². The maximum Gasteiger partial charge on any atom is 0.119 e. The van der Waals surface area contributed by atoms with Gasteiger partial charge in [-0.3, -0.25) is 0 Å². The number of rotatable bonds is 7. The highest BCUT2D eigenvalue weighted by Gasteiger charge is 1.95. The lowest BCUT2D eigenvalue weighted by atomic mass is 10.2. The molecule has 15 heavy (non-hydrogen) atoms. The maximum absolute atomic E-state index is 8.62. The Kier molecular flexibility index (Phi) is 5.81. The highest BCUT2D eigenvalue weighted by molar-refractivity contribution is 5.28. The summed E-state index contributed by atoms with van der Waals surface area (Å²) in [6.07, 6.45) is 0.797. The number of hydrogen-bond donors (Lipinski definition) is 2. The van der Waals surface area contributed by atoms with E-state index >= 15 is 0 Å². The molecule has 0 saturated heterocycles. The SMILES string of the molecule is CCOc1cccc(CNCCCO)c1. The third-order valence-corrected chi connectivity index (χ3v) is 2.05. The molecule has 0 atom stereocenters. The Hall–Kier alpha value is -1.06. The second-order valence-corrected chi connectivity index (χ2v) is 3.33. The molecule has 0 spiro atoms. The lowest BCUT2D eigenvalue weighted by Gasteiger charge is -2.07. The monoisotopic (exact) mass is 209 g/mol. The van der Waals surface area contributed by atoms with Crippen LogP contribution in [-0.2, 0) is 6.54 Å². The number of aliphatic hydroxyl groups excluding tert-OH is 1. The van der Waals surface area contributed by atoms with Crippen LogP contribution in [0.15, 0.2) is 24.3 Å². The second kappa shape index (κ2) is 7.26. The van der Waals surface area contributed by atoms with E-state index in [9.17, 15) is 0 Å². The number of ether oxygens (including phenoxy) is 1. The van der Waals surface area contributed by atoms with Gasteiger partial charge in [0, 0.05) is 13.2 Å². The van der Waals surface area contributed by atoms with Crippen molar-refractivity contribution < 1.29 is 9.84 Å². The standard InChI is InChI=1S/C12H19NO2/c1-2-15-12-6-3-5-11(9-12)10-13-7-4-8-14/h3,5-6,9,13-14H,2,4,7-8,10H2,1H3. The van der Waals surface area contributed by atoms with E-state index in [0.717, 1.165) is 25.3 Å². The highest BCUT2D eigenvalue weighted by Crippen LogP contribution is 2.12. The van der Waals surface area contributed by atoms with E-state index < -0.39 is 0 Å². The van der Waals surface area contributed by atoms with E-state index in [-0.39, 0.29) is 6.61 Å². The quantitative estimate of drug-likeness (QED) is 0.670. The van der Waals surface area contributed by atoms with Gasteiger partial charge in [0.15, 0.2) is 0 Å². The Balaban J connectivity index is 2.36. The molecule has 0 aliphatic carbocycles. The summed E-state index contributed by atoms with van der Waals surface area (Å²) in [7, 11) is 0. The molecule has 0 aromatic heterocycles. The van der Waals surface area contributed by atoms with E-state index in [1.165, 1.54) is 5.56 Å². The lowest BCUT2D eigenvalue weighted by Crippen LogP contribution is -2.15. The summed E-state index contributed by atoms with van der Waals surface area (Å²) in [6.45, 7) is 4.58. The van der Waals surface area contributed by atoms with Crippen molar-refractivity contribution in [2.45, 2.75) is 19.9 Å². The highest BCUT2D eigenvalue weighted by atomic mass is 16.5. The van der Waals surface area contributed by atoms with E-state index in [2.05, 4.69) is 11.4 Å². The Morgan fingerprint density at radius 3 is 3.00 bits per heavy atom. The maximum atomic E-state index is 8.62. The number of aliphatic hydroxyl groups is 1. The number of nitrogens with one attached hydrogen (secondary N) is 1. The van der Waals surface area contributed by atoms with Crippen LogP contribution in [0.1, 0.15) is 18.9 Å². The molecule has 0 bridgehead atoms. The van der Waals surface area contributed by atoms with Crippen LogP contribution in [-0.4, -0.2) is 24.9 Å². The van der Waals surface area contributed by atoms with Crippen LogP contribution in [0.25, 0.3) is 0 Å². The molecule has 0 aliphatic heterocycles. The Labute approximate surface area is 91.1 Å². The van der Waals surface area contributed by atoms with Crippen molar-refractivity contribution in [1.82, 2.24) is 5.32 Å². The first-order valence-corrected chi connectivity index (χ1v) is 5.40. The van der Waals surface area contributed by atoms with Gasteiger partial charge in [0.2, 0.25) is 0 Å². The summed E-state index contributed by atoms with van der Waals surface area (Å²) in [5.74, 6) is 0.916. The van der Waals surface area contributed by atoms with Gasteiger partial charge in [-0.05, 0) is 37.6 Å². The largest absolute Gasteiger partial charge is 0.494 e. The second-order valence-electron chi connectivity index (χ2n) is 3.33. The van der Waals surface area contributed by atoms with Gasteiger partial charge in [-0.25, -0.2) is 0 Å². The number of benzene rings is 1. The molecule has 84 valence electrons. The molecule has 1 aromatic rings. The summed E-state index contributed by atoms with van der Waals surface area (Å²) in [4.78, 5) is 0. The zero-order chi connectivity index (χ0) is 10.9. The van der Waals surface area contributed by atoms with E-state index in [1.54, 1.807) is 0 Å². The van der Waals surface area contributed by atoms with Crippen molar-refractivity contribution in [2.75, 3.05) is 19.8 Å². The molecule has 0 saturated carbocycles. The summed E-state index contributed by atoms with van der Waals surface area (Å²) >= 11 is 0. The van der Waals surface area contributed by atoms with Crippen LogP contribution >= 0.6 is 0 Å². The molecule has 0 radical (unpaired) electrons. The zero-order valence-corrected chi connectivity index (χ0v) is 9.20. The van der Waals surface area contributed by atoms with Crippen molar-refractivity contribution in [3.05, 3.63) is 29.8 Å². The minimum Gasteiger partial charge on any atom is -0.494 e. The third-order valence-electron chi connectivity index (χ3n) is 2.05. The van der Waals surface area contributed by atoms with E-state index in [4.69, 9.17) is 9.84 Å². The Morgan fingerprint density at radius 1 is 1.40 bits per heavy atom. The van der Waals surface area contributed by atoms with Crippen LogP contribution in [0, 0.1) is 0 Å². The molecule has 1 rings (SSSR count). The summed E-state index contributed by atoms with van der Waals surface area (Å²) < 4.78 is 5.41. The van der Waals surface area contributed by atoms with Gasteiger partial charge in [-0.1, -0.05) is 12.1 Å². The van der Waals surface area contributed by atoms with Crippen LogP contribution in [0.5, 0.6) is 5.75 Å². The smallest absolute Gasteiger partial charge is 0.119 e. The molecule has 0 fully saturated rings. The lowest BCUT2D eigenvalue weighted by molar-refractivity contribution is 0.286. The first-order valence-electron chi connectivity index (χ1n) is 5.40. The fraction of sp³-hybridized carbons (Fsp3) is 0.500. The van der Waals surface area contributed by atoms with Crippen molar-refractivity contribution >= 4 is 0 Å². The fourth-order valence-corrected chi connectivity index (χ4v) is 1.35. The Morgan fingerprint density at radius 2 is 2.27 bits per heavy atom. The van der Waals surface area contributed by atoms with Crippen LogP contribution in [0.3, 0.4) is 0 Å². The van der Waals surface area contributed by atoms with Crippen molar-refractivity contribution in [3.8, 4) is 5.75 Å². The van der Waals surface area contributed by atoms with E-state index in [0.29, 0.717) is 6.61 Å². The molecule has 0 unspecified atom stereocenters. The molecule has 3 heteroatoms. The average molecular weight is 209 g/mol. The first kappa shape index (κ1) is 12.0. The van der Waals surface area contributed by atoms with Crippen LogP contribution in [0.2, 0.25) is 0 Å². The molecule has 0 amide bonds. The van der Waals surface area contributed by atoms with Gasteiger partial charge in [0.05, 0.1) is 6.61 Å². The van der Waals surface area contributed by atoms with Crippen molar-refractivity contribution in [2.24, 2.45) is 0 Å². The number of hydrogen-bond acceptors (Lipinski definition) is 3. The van der Waals surface area contributed by atoms with Crippen LogP contribution in [0.4, 0.5) is 0 Å². The van der Waals surface area contributed by atoms with Gasteiger partial charge in [0.1, 0.15) is 5.75 Å². The van der Waals surface area contributed by atoms with Crippen molar-refractivity contribution in [1.29, 1.82) is 0 Å². The van der Waals surface area contributed by atoms with Gasteiger partial charge < -0.3 is 15.2 Å². The molecule has 3 nitrogen and oxygen atoms in total. The van der Waals surface area contributed by atoms with Gasteiger partial charge in [-0.15, -0.1) is 0 Å². The van der Waals surface area contributed by atoms with Gasteiger partial charge in [0.25, 0.3) is 0 Å². The molecule has 2 N–H and O–H groups in total. The predicted octanol–water partition coefficient (Wildman–Crippen LogP) is 1.56. The zero-order valence-electron chi connectivity index (χ0n) is 9.20. The minimum absolute atomic E-state index is 0.242. The summed E-state index contributed by atoms with van der Waals surface area (Å²) in [5, 5.41) is 11.9. The first-order chi connectivity index (χ1) is 7.36. The summed E-state index contributed by atoms with van der Waals surface area (Å²) in [6, 6.07) is 8.05. The average Bonchev–Trinajstić information content (AvgIpc) is 2.26. The van der Waals surface area contributed by atoms with Crippen molar-refractivity contribution in [3.63, 3.8) is 0 Å². The molecular weight excluding hydrogens is 190 g/mol. The fourth-order valence-electron chi connectivity index (χ4n) is 1.35. The molecule has 0 aliphatic rings. The normalized spacial score (nSPS) is 10.3. The minimum atomic E-state index is 0.242. The topological polar surface area (TPSA) is 41.5 Å². The predicted molar refractivity (Wildman–Crippen MR) is 61.0 cm³/mol. The Bertz CT molecular complexity index is 276. The molecule has 0 heterocycles. The van der Waals surface area contributed by atoms with Crippen LogP contribution < -0.4 is 10.1 Å². The summed E-state index contributed by atoms with van der Waals surface area (Å²) in [5.41, 5.74) is 1.21. The molecular formula is C12H19NO2. The third kappa shape index (κ3) is 4.81. The van der Waals surface area contributed by atoms with Gasteiger partial charge >= 0.3 is 0 Å².